The monoisotopic (exact) mass is 387 g/mol. The van der Waals surface area contributed by atoms with E-state index in [0.29, 0.717) is 13.1 Å². The highest BCUT2D eigenvalue weighted by Gasteiger charge is 2.46. The summed E-state index contributed by atoms with van der Waals surface area (Å²) in [5, 5.41) is 10.9. The highest BCUT2D eigenvalue weighted by molar-refractivity contribution is 6.04. The van der Waals surface area contributed by atoms with Crippen molar-refractivity contribution in [3.05, 3.63) is 34.4 Å². The number of piperazine rings is 1. The Labute approximate surface area is 163 Å². The first-order valence-electron chi connectivity index (χ1n) is 9.88. The van der Waals surface area contributed by atoms with Crippen molar-refractivity contribution in [1.82, 2.24) is 14.7 Å². The second-order valence-electron chi connectivity index (χ2n) is 7.58. The smallest absolute Gasteiger partial charge is 0.327 e. The van der Waals surface area contributed by atoms with E-state index in [1.807, 2.05) is 6.07 Å². The number of rotatable bonds is 6. The molecule has 3 heterocycles. The van der Waals surface area contributed by atoms with Crippen LogP contribution in [-0.2, 0) is 4.79 Å². The van der Waals surface area contributed by atoms with Crippen LogP contribution in [0.5, 0.6) is 0 Å². The maximum atomic E-state index is 12.4. The maximum absolute atomic E-state index is 12.4. The molecule has 0 bridgehead atoms. The van der Waals surface area contributed by atoms with Gasteiger partial charge in [-0.2, -0.15) is 0 Å². The van der Waals surface area contributed by atoms with E-state index < -0.39 is 0 Å². The molecular weight excluding hydrogens is 362 g/mol. The van der Waals surface area contributed by atoms with Crippen molar-refractivity contribution in [2.75, 3.05) is 50.7 Å². The van der Waals surface area contributed by atoms with Gasteiger partial charge in [0.05, 0.1) is 4.92 Å². The number of carbonyl (C=O) groups is 2. The fraction of sp³-hybridized carbons (Fsp3) is 0.579. The summed E-state index contributed by atoms with van der Waals surface area (Å²) in [5.74, 6) is -0.0296. The van der Waals surface area contributed by atoms with Crippen molar-refractivity contribution in [2.45, 2.75) is 25.3 Å². The van der Waals surface area contributed by atoms with Gasteiger partial charge in [0, 0.05) is 57.1 Å². The molecule has 0 spiro atoms. The summed E-state index contributed by atoms with van der Waals surface area (Å²) in [4.78, 5) is 42.9. The third kappa shape index (κ3) is 3.54. The first-order chi connectivity index (χ1) is 13.5. The van der Waals surface area contributed by atoms with Gasteiger partial charge in [-0.15, -0.1) is 0 Å². The molecule has 150 valence electrons. The van der Waals surface area contributed by atoms with E-state index in [1.54, 1.807) is 17.0 Å². The van der Waals surface area contributed by atoms with Gasteiger partial charge < -0.3 is 9.80 Å². The number of urea groups is 1. The molecule has 0 unspecified atom stereocenters. The van der Waals surface area contributed by atoms with Gasteiger partial charge >= 0.3 is 6.03 Å². The third-order valence-electron chi connectivity index (χ3n) is 5.91. The minimum atomic E-state index is -0.370. The number of nitro groups is 1. The molecule has 28 heavy (non-hydrogen) atoms. The van der Waals surface area contributed by atoms with Crippen LogP contribution in [0.15, 0.2) is 24.3 Å². The predicted octanol–water partition coefficient (Wildman–Crippen LogP) is 1.53. The van der Waals surface area contributed by atoms with E-state index in [-0.39, 0.29) is 28.6 Å². The minimum absolute atomic E-state index is 0.0296. The Morgan fingerprint density at radius 1 is 1.07 bits per heavy atom. The number of anilines is 1. The molecule has 0 saturated carbocycles. The predicted molar refractivity (Wildman–Crippen MR) is 103 cm³/mol. The van der Waals surface area contributed by atoms with Gasteiger partial charge in [0.25, 0.3) is 11.6 Å². The van der Waals surface area contributed by atoms with Crippen LogP contribution in [0.2, 0.25) is 0 Å². The molecule has 4 rings (SSSR count). The van der Waals surface area contributed by atoms with Gasteiger partial charge in [-0.3, -0.25) is 24.7 Å². The number of hydrogen-bond acceptors (Lipinski definition) is 6. The quantitative estimate of drug-likeness (QED) is 0.418. The zero-order chi connectivity index (χ0) is 19.7. The molecule has 0 N–H and O–H groups in total. The molecule has 1 atom stereocenters. The van der Waals surface area contributed by atoms with Crippen molar-refractivity contribution < 1.29 is 14.5 Å². The van der Waals surface area contributed by atoms with Crippen LogP contribution in [0.1, 0.15) is 19.3 Å². The highest BCUT2D eigenvalue weighted by atomic mass is 16.6. The summed E-state index contributed by atoms with van der Waals surface area (Å²) >= 11 is 0. The van der Waals surface area contributed by atoms with E-state index in [4.69, 9.17) is 0 Å². The molecule has 3 fully saturated rings. The van der Waals surface area contributed by atoms with E-state index in [2.05, 4.69) is 9.80 Å². The summed E-state index contributed by atoms with van der Waals surface area (Å²) < 4.78 is 0. The number of benzene rings is 1. The Morgan fingerprint density at radius 3 is 2.57 bits per heavy atom. The molecule has 0 radical (unpaired) electrons. The third-order valence-corrected chi connectivity index (χ3v) is 5.91. The zero-order valence-electron chi connectivity index (χ0n) is 15.8. The second kappa shape index (κ2) is 7.75. The van der Waals surface area contributed by atoms with Gasteiger partial charge in [-0.1, -0.05) is 6.07 Å². The molecule has 9 nitrogen and oxygen atoms in total. The number of non-ortho nitro benzene ring substituents is 1. The highest BCUT2D eigenvalue weighted by Crippen LogP contribution is 2.27. The fourth-order valence-electron chi connectivity index (χ4n) is 4.37. The number of hydrogen-bond donors (Lipinski definition) is 0. The largest absolute Gasteiger partial charge is 0.369 e. The zero-order valence-corrected chi connectivity index (χ0v) is 15.8. The standard InChI is InChI=1S/C19H25N5O4/c25-18-17-6-2-8-22(17)19(26)23(18)9-3-7-20-10-12-21(13-11-20)15-4-1-5-16(14-15)24(27)28/h1,4-5,14,17H,2-3,6-13H2/t17-/m0/s1. The van der Waals surface area contributed by atoms with Gasteiger partial charge in [0.1, 0.15) is 6.04 Å². The summed E-state index contributed by atoms with van der Waals surface area (Å²) in [6.45, 7) is 5.35. The van der Waals surface area contributed by atoms with Gasteiger partial charge in [0.2, 0.25) is 0 Å². The van der Waals surface area contributed by atoms with Crippen LogP contribution in [-0.4, -0.2) is 83.4 Å². The summed E-state index contributed by atoms with van der Waals surface area (Å²) in [6.07, 6.45) is 2.49. The van der Waals surface area contributed by atoms with Crippen molar-refractivity contribution in [3.8, 4) is 0 Å². The average molecular weight is 387 g/mol. The molecule has 3 aliphatic heterocycles. The lowest BCUT2D eigenvalue weighted by atomic mass is 10.2. The number of fused-ring (bicyclic) bond motifs is 1. The Hall–Kier alpha value is -2.68. The second-order valence-corrected chi connectivity index (χ2v) is 7.58. The summed E-state index contributed by atoms with van der Waals surface area (Å²) in [6, 6.07) is 6.40. The number of nitro benzene ring substituents is 1. The van der Waals surface area contributed by atoms with Crippen molar-refractivity contribution >= 4 is 23.3 Å². The molecule has 3 saturated heterocycles. The van der Waals surface area contributed by atoms with Gasteiger partial charge in [-0.25, -0.2) is 4.79 Å². The van der Waals surface area contributed by atoms with E-state index in [9.17, 15) is 19.7 Å². The molecule has 1 aromatic carbocycles. The van der Waals surface area contributed by atoms with E-state index in [1.165, 1.54) is 11.0 Å². The Bertz CT molecular complexity index is 755. The van der Waals surface area contributed by atoms with Crippen LogP contribution in [0, 0.1) is 10.1 Å². The van der Waals surface area contributed by atoms with E-state index in [0.717, 1.165) is 57.7 Å². The normalized spacial score (nSPS) is 22.9. The average Bonchev–Trinajstić information content (AvgIpc) is 3.28. The lowest BCUT2D eigenvalue weighted by molar-refractivity contribution is -0.384. The Morgan fingerprint density at radius 2 is 1.86 bits per heavy atom. The lowest BCUT2D eigenvalue weighted by Gasteiger charge is -2.36. The SMILES string of the molecule is O=C1[C@@H]2CCCN2C(=O)N1CCCN1CCN(c2cccc([N+](=O)[O-])c2)CC1. The van der Waals surface area contributed by atoms with Gasteiger partial charge in [0.15, 0.2) is 0 Å². The first kappa shape index (κ1) is 18.7. The van der Waals surface area contributed by atoms with Crippen LogP contribution in [0.25, 0.3) is 0 Å². The van der Waals surface area contributed by atoms with Crippen LogP contribution >= 0.6 is 0 Å². The summed E-state index contributed by atoms with van der Waals surface area (Å²) in [7, 11) is 0. The number of imide groups is 1. The number of amides is 3. The number of nitrogens with zero attached hydrogens (tertiary/aromatic N) is 5. The molecule has 0 aromatic heterocycles. The van der Waals surface area contributed by atoms with Crippen molar-refractivity contribution in [2.24, 2.45) is 0 Å². The van der Waals surface area contributed by atoms with Crippen LogP contribution in [0.4, 0.5) is 16.2 Å². The molecule has 1 aromatic rings. The van der Waals surface area contributed by atoms with Crippen LogP contribution < -0.4 is 4.90 Å². The molecule has 3 aliphatic rings. The Kier molecular flexibility index (Phi) is 5.17. The minimum Gasteiger partial charge on any atom is -0.369 e. The summed E-state index contributed by atoms with van der Waals surface area (Å²) in [5.41, 5.74) is 0.989. The van der Waals surface area contributed by atoms with E-state index >= 15 is 0 Å². The molecule has 9 heteroatoms. The number of carbonyl (C=O) groups excluding carboxylic acids is 2. The molecular formula is C19H25N5O4. The van der Waals surface area contributed by atoms with Crippen LogP contribution in [0.3, 0.4) is 0 Å². The van der Waals surface area contributed by atoms with Crippen molar-refractivity contribution in [3.63, 3.8) is 0 Å². The van der Waals surface area contributed by atoms with Crippen molar-refractivity contribution in [1.29, 1.82) is 0 Å². The van der Waals surface area contributed by atoms with Gasteiger partial charge in [-0.05, 0) is 31.9 Å². The Balaban J connectivity index is 1.23. The first-order valence-corrected chi connectivity index (χ1v) is 9.88. The molecule has 0 aliphatic carbocycles. The lowest BCUT2D eigenvalue weighted by Crippen LogP contribution is -2.47. The fourth-order valence-corrected chi connectivity index (χ4v) is 4.37. The maximum Gasteiger partial charge on any atom is 0.327 e. The molecule has 3 amide bonds. The topological polar surface area (TPSA) is 90.2 Å².